The molecule has 116 valence electrons. The molecule has 0 saturated heterocycles. The van der Waals surface area contributed by atoms with Crippen molar-refractivity contribution in [2.75, 3.05) is 6.54 Å². The molecule has 2 N–H and O–H groups in total. The summed E-state index contributed by atoms with van der Waals surface area (Å²) in [6.07, 6.45) is 3.62. The van der Waals surface area contributed by atoms with Crippen molar-refractivity contribution in [3.8, 4) is 11.9 Å². The van der Waals surface area contributed by atoms with Crippen molar-refractivity contribution < 1.29 is 9.13 Å². The monoisotopic (exact) mass is 302 g/mol. The van der Waals surface area contributed by atoms with E-state index in [-0.39, 0.29) is 18.2 Å². The summed E-state index contributed by atoms with van der Waals surface area (Å²) in [6.45, 7) is 2.75. The molecule has 1 aromatic heterocycles. The number of hydrogen-bond acceptors (Lipinski definition) is 4. The van der Waals surface area contributed by atoms with Crippen LogP contribution in [0.25, 0.3) is 0 Å². The lowest BCUT2D eigenvalue weighted by atomic mass is 10.1. The van der Waals surface area contributed by atoms with E-state index in [0.717, 1.165) is 12.8 Å². The molecule has 0 radical (unpaired) electrons. The standard InChI is InChI=1S/C16H19FN4O/c1-2-14(5-7-18)21-8-6-16(20-21)22-11-13-4-3-12(10-19)9-15(13)17/h3-4,6,8-9,14H,2,5,7,11,18H2,1H3. The van der Waals surface area contributed by atoms with Crippen LogP contribution in [0.1, 0.15) is 36.9 Å². The van der Waals surface area contributed by atoms with Crippen LogP contribution in [0, 0.1) is 17.1 Å². The van der Waals surface area contributed by atoms with Crippen molar-refractivity contribution in [3.05, 3.63) is 47.4 Å². The van der Waals surface area contributed by atoms with Gasteiger partial charge in [-0.1, -0.05) is 13.0 Å². The highest BCUT2D eigenvalue weighted by atomic mass is 19.1. The smallest absolute Gasteiger partial charge is 0.233 e. The lowest BCUT2D eigenvalue weighted by Crippen LogP contribution is -2.14. The molecule has 0 aliphatic carbocycles. The zero-order valence-corrected chi connectivity index (χ0v) is 12.5. The molecular weight excluding hydrogens is 283 g/mol. The van der Waals surface area contributed by atoms with Gasteiger partial charge in [-0.2, -0.15) is 5.26 Å². The fourth-order valence-corrected chi connectivity index (χ4v) is 2.20. The summed E-state index contributed by atoms with van der Waals surface area (Å²) in [4.78, 5) is 0. The summed E-state index contributed by atoms with van der Waals surface area (Å²) >= 11 is 0. The predicted molar refractivity (Wildman–Crippen MR) is 80.7 cm³/mol. The summed E-state index contributed by atoms with van der Waals surface area (Å²) in [6, 6.07) is 8.21. The van der Waals surface area contributed by atoms with Gasteiger partial charge in [-0.3, -0.25) is 4.68 Å². The van der Waals surface area contributed by atoms with Crippen molar-refractivity contribution in [2.45, 2.75) is 32.4 Å². The van der Waals surface area contributed by atoms with Gasteiger partial charge in [0, 0.05) is 17.8 Å². The van der Waals surface area contributed by atoms with Gasteiger partial charge < -0.3 is 10.5 Å². The van der Waals surface area contributed by atoms with Gasteiger partial charge in [-0.05, 0) is 31.5 Å². The first-order chi connectivity index (χ1) is 10.7. The normalized spacial score (nSPS) is 11.9. The SMILES string of the molecule is CCC(CCN)n1ccc(OCc2ccc(C#N)cc2F)n1. The quantitative estimate of drug-likeness (QED) is 0.853. The third-order valence-corrected chi connectivity index (χ3v) is 3.49. The number of nitriles is 1. The molecule has 1 heterocycles. The van der Waals surface area contributed by atoms with E-state index in [4.69, 9.17) is 15.7 Å². The lowest BCUT2D eigenvalue weighted by molar-refractivity contribution is 0.279. The molecule has 0 saturated carbocycles. The number of benzene rings is 1. The molecule has 6 heteroatoms. The number of nitrogens with two attached hydrogens (primary N) is 1. The molecule has 0 fully saturated rings. The zero-order chi connectivity index (χ0) is 15.9. The number of aromatic nitrogens is 2. The molecule has 0 spiro atoms. The van der Waals surface area contributed by atoms with Crippen LogP contribution in [-0.4, -0.2) is 16.3 Å². The third-order valence-electron chi connectivity index (χ3n) is 3.49. The van der Waals surface area contributed by atoms with Gasteiger partial charge in [0.2, 0.25) is 5.88 Å². The predicted octanol–water partition coefficient (Wildman–Crippen LogP) is 2.77. The zero-order valence-electron chi connectivity index (χ0n) is 12.5. The second-order valence-electron chi connectivity index (χ2n) is 4.98. The molecule has 22 heavy (non-hydrogen) atoms. The lowest BCUT2D eigenvalue weighted by Gasteiger charge is -2.13. The highest BCUT2D eigenvalue weighted by Gasteiger charge is 2.11. The Labute approximate surface area is 129 Å². The number of rotatable bonds is 7. The second-order valence-corrected chi connectivity index (χ2v) is 4.98. The fourth-order valence-electron chi connectivity index (χ4n) is 2.20. The summed E-state index contributed by atoms with van der Waals surface area (Å²) < 4.78 is 21.1. The average molecular weight is 302 g/mol. The van der Waals surface area contributed by atoms with Crippen LogP contribution in [0.15, 0.2) is 30.5 Å². The maximum atomic E-state index is 13.8. The Morgan fingerprint density at radius 3 is 2.91 bits per heavy atom. The molecule has 1 unspecified atom stereocenters. The van der Waals surface area contributed by atoms with Crippen molar-refractivity contribution in [1.82, 2.24) is 9.78 Å². The van der Waals surface area contributed by atoms with Crippen LogP contribution in [0.3, 0.4) is 0 Å². The minimum Gasteiger partial charge on any atom is -0.472 e. The van der Waals surface area contributed by atoms with E-state index < -0.39 is 5.82 Å². The first-order valence-electron chi connectivity index (χ1n) is 7.24. The molecule has 2 aromatic rings. The van der Waals surface area contributed by atoms with Gasteiger partial charge in [-0.25, -0.2) is 4.39 Å². The van der Waals surface area contributed by atoms with E-state index in [1.807, 2.05) is 16.9 Å². The fraction of sp³-hybridized carbons (Fsp3) is 0.375. The molecule has 0 amide bonds. The van der Waals surface area contributed by atoms with Gasteiger partial charge in [0.25, 0.3) is 0 Å². The Balaban J connectivity index is 2.00. The summed E-state index contributed by atoms with van der Waals surface area (Å²) in [5.41, 5.74) is 6.27. The average Bonchev–Trinajstić information content (AvgIpc) is 3.00. The van der Waals surface area contributed by atoms with E-state index in [1.54, 1.807) is 18.2 Å². The number of nitrogens with zero attached hydrogens (tertiary/aromatic N) is 3. The number of ether oxygens (including phenoxy) is 1. The molecule has 0 aliphatic heterocycles. The summed E-state index contributed by atoms with van der Waals surface area (Å²) in [5.74, 6) is -0.00715. The molecule has 2 rings (SSSR count). The van der Waals surface area contributed by atoms with Crippen LogP contribution >= 0.6 is 0 Å². The van der Waals surface area contributed by atoms with E-state index in [1.165, 1.54) is 6.07 Å². The first-order valence-corrected chi connectivity index (χ1v) is 7.24. The topological polar surface area (TPSA) is 76.9 Å². The molecule has 1 atom stereocenters. The van der Waals surface area contributed by atoms with E-state index in [9.17, 15) is 4.39 Å². The number of halogens is 1. The minimum absolute atomic E-state index is 0.0717. The van der Waals surface area contributed by atoms with Crippen LogP contribution in [0.2, 0.25) is 0 Å². The largest absolute Gasteiger partial charge is 0.472 e. The highest BCUT2D eigenvalue weighted by molar-refractivity contribution is 5.32. The molecule has 0 bridgehead atoms. The number of hydrogen-bond donors (Lipinski definition) is 1. The summed E-state index contributed by atoms with van der Waals surface area (Å²) in [7, 11) is 0. The Hall–Kier alpha value is -2.39. The molecule has 1 aromatic carbocycles. The molecule has 5 nitrogen and oxygen atoms in total. The molecular formula is C16H19FN4O. The second kappa shape index (κ2) is 7.57. The summed E-state index contributed by atoms with van der Waals surface area (Å²) in [5, 5.41) is 13.1. The van der Waals surface area contributed by atoms with Gasteiger partial charge in [0.15, 0.2) is 0 Å². The Bertz CT molecular complexity index is 662. The van der Waals surface area contributed by atoms with Gasteiger partial charge in [0.1, 0.15) is 12.4 Å². The molecule has 0 aliphatic rings. The minimum atomic E-state index is -0.451. The van der Waals surface area contributed by atoms with Crippen LogP contribution < -0.4 is 10.5 Å². The van der Waals surface area contributed by atoms with E-state index >= 15 is 0 Å². The van der Waals surface area contributed by atoms with Crippen molar-refractivity contribution in [3.63, 3.8) is 0 Å². The van der Waals surface area contributed by atoms with Gasteiger partial charge in [0.05, 0.1) is 17.7 Å². The van der Waals surface area contributed by atoms with Gasteiger partial charge in [-0.15, -0.1) is 5.10 Å². The van der Waals surface area contributed by atoms with Crippen molar-refractivity contribution >= 4 is 0 Å². The van der Waals surface area contributed by atoms with Crippen molar-refractivity contribution in [1.29, 1.82) is 5.26 Å². The highest BCUT2D eigenvalue weighted by Crippen LogP contribution is 2.18. The van der Waals surface area contributed by atoms with E-state index in [0.29, 0.717) is 18.0 Å². The van der Waals surface area contributed by atoms with Crippen LogP contribution in [0.4, 0.5) is 4.39 Å². The van der Waals surface area contributed by atoms with E-state index in [2.05, 4.69) is 12.0 Å². The maximum Gasteiger partial charge on any atom is 0.233 e. The maximum absolute atomic E-state index is 13.8. The third kappa shape index (κ3) is 3.83. The Morgan fingerprint density at radius 1 is 1.45 bits per heavy atom. The first kappa shape index (κ1) is 16.0. The van der Waals surface area contributed by atoms with Crippen LogP contribution in [0.5, 0.6) is 5.88 Å². The Kier molecular flexibility index (Phi) is 5.50. The van der Waals surface area contributed by atoms with Crippen LogP contribution in [-0.2, 0) is 6.61 Å². The van der Waals surface area contributed by atoms with Gasteiger partial charge >= 0.3 is 0 Å². The van der Waals surface area contributed by atoms with Crippen molar-refractivity contribution in [2.24, 2.45) is 5.73 Å². The Morgan fingerprint density at radius 2 is 2.27 bits per heavy atom.